The van der Waals surface area contributed by atoms with Gasteiger partial charge in [0, 0.05) is 5.56 Å². The minimum absolute atomic E-state index is 0.191. The van der Waals surface area contributed by atoms with Crippen LogP contribution in [-0.4, -0.2) is 23.3 Å². The van der Waals surface area contributed by atoms with Crippen LogP contribution in [0.1, 0.15) is 56.2 Å². The van der Waals surface area contributed by atoms with Crippen LogP contribution in [0.5, 0.6) is 5.75 Å². The molecule has 2 heterocycles. The van der Waals surface area contributed by atoms with Crippen molar-refractivity contribution < 1.29 is 9.26 Å². The Kier molecular flexibility index (Phi) is 5.19. The van der Waals surface area contributed by atoms with E-state index in [9.17, 15) is 0 Å². The van der Waals surface area contributed by atoms with Crippen molar-refractivity contribution in [3.8, 4) is 17.1 Å². The van der Waals surface area contributed by atoms with E-state index in [1.165, 1.54) is 12.8 Å². The van der Waals surface area contributed by atoms with E-state index < -0.39 is 0 Å². The van der Waals surface area contributed by atoms with Crippen molar-refractivity contribution in [3.05, 3.63) is 29.2 Å². The molecule has 1 atom stereocenters. The predicted octanol–water partition coefficient (Wildman–Crippen LogP) is 4.20. The third-order valence-corrected chi connectivity index (χ3v) is 4.33. The molecule has 2 aromatic rings. The molecular formula is C19H27N3O2. The second-order valence-corrected chi connectivity index (χ2v) is 7.10. The van der Waals surface area contributed by atoms with Crippen LogP contribution in [0.25, 0.3) is 11.4 Å². The number of benzene rings is 1. The number of hydrogen-bond acceptors (Lipinski definition) is 5. The number of piperidine rings is 1. The van der Waals surface area contributed by atoms with Crippen molar-refractivity contribution in [1.82, 2.24) is 15.5 Å². The summed E-state index contributed by atoms with van der Waals surface area (Å²) in [6.45, 7) is 10.2. The van der Waals surface area contributed by atoms with Crippen LogP contribution in [0.4, 0.5) is 0 Å². The molecule has 3 rings (SSSR count). The van der Waals surface area contributed by atoms with E-state index in [0.29, 0.717) is 17.6 Å². The lowest BCUT2D eigenvalue weighted by atomic mass is 10.0. The molecule has 1 fully saturated rings. The highest BCUT2D eigenvalue weighted by molar-refractivity contribution is 5.61. The largest absolute Gasteiger partial charge is 0.493 e. The molecule has 5 nitrogen and oxygen atoms in total. The van der Waals surface area contributed by atoms with Crippen molar-refractivity contribution in [3.63, 3.8) is 0 Å². The molecule has 0 spiro atoms. The second-order valence-electron chi connectivity index (χ2n) is 7.10. The molecule has 0 amide bonds. The van der Waals surface area contributed by atoms with Gasteiger partial charge in [0.25, 0.3) is 0 Å². The fourth-order valence-electron chi connectivity index (χ4n) is 3.11. The maximum absolute atomic E-state index is 5.95. The molecule has 24 heavy (non-hydrogen) atoms. The van der Waals surface area contributed by atoms with Crippen LogP contribution in [0.3, 0.4) is 0 Å². The molecule has 1 aliphatic heterocycles. The SMILES string of the molecule is Cc1cc(-c2noc([C@@H]3CCCCN3)n2)cc(C)c1OCC(C)C. The summed E-state index contributed by atoms with van der Waals surface area (Å²) in [5.41, 5.74) is 3.19. The maximum Gasteiger partial charge on any atom is 0.244 e. The highest BCUT2D eigenvalue weighted by Gasteiger charge is 2.21. The van der Waals surface area contributed by atoms with Crippen LogP contribution < -0.4 is 10.1 Å². The van der Waals surface area contributed by atoms with Gasteiger partial charge in [-0.25, -0.2) is 0 Å². The average molecular weight is 329 g/mol. The molecule has 1 aromatic carbocycles. The highest BCUT2D eigenvalue weighted by atomic mass is 16.5. The molecule has 1 saturated heterocycles. The summed E-state index contributed by atoms with van der Waals surface area (Å²) in [5.74, 6) is 2.82. The van der Waals surface area contributed by atoms with Crippen molar-refractivity contribution in [1.29, 1.82) is 0 Å². The zero-order valence-electron chi connectivity index (χ0n) is 15.1. The van der Waals surface area contributed by atoms with Gasteiger partial charge in [0.1, 0.15) is 5.75 Å². The molecule has 0 aliphatic carbocycles. The highest BCUT2D eigenvalue weighted by Crippen LogP contribution is 2.30. The van der Waals surface area contributed by atoms with Crippen molar-refractivity contribution in [2.24, 2.45) is 5.92 Å². The summed E-state index contributed by atoms with van der Waals surface area (Å²) < 4.78 is 11.4. The Hall–Kier alpha value is -1.88. The molecule has 0 bridgehead atoms. The molecule has 0 saturated carbocycles. The van der Waals surface area contributed by atoms with Gasteiger partial charge in [-0.15, -0.1) is 0 Å². The third kappa shape index (κ3) is 3.78. The molecular weight excluding hydrogens is 302 g/mol. The summed E-state index contributed by atoms with van der Waals surface area (Å²) in [6, 6.07) is 4.34. The van der Waals surface area contributed by atoms with Gasteiger partial charge >= 0.3 is 0 Å². The molecule has 1 aliphatic rings. The molecule has 1 N–H and O–H groups in total. The standard InChI is InChI=1S/C19H27N3O2/c1-12(2)11-23-17-13(3)9-15(10-14(17)4)18-21-19(24-22-18)16-7-5-6-8-20-16/h9-10,12,16,20H,5-8,11H2,1-4H3/t16-/m0/s1. The lowest BCUT2D eigenvalue weighted by Crippen LogP contribution is -2.26. The molecule has 5 heteroatoms. The average Bonchev–Trinajstić information content (AvgIpc) is 3.04. The zero-order chi connectivity index (χ0) is 17.1. The summed E-state index contributed by atoms with van der Waals surface area (Å²) >= 11 is 0. The Balaban J connectivity index is 1.81. The number of nitrogens with one attached hydrogen (secondary N) is 1. The minimum atomic E-state index is 0.191. The second kappa shape index (κ2) is 7.34. The quantitative estimate of drug-likeness (QED) is 0.890. The van der Waals surface area contributed by atoms with Crippen LogP contribution in [-0.2, 0) is 0 Å². The fourth-order valence-corrected chi connectivity index (χ4v) is 3.11. The lowest BCUT2D eigenvalue weighted by Gasteiger charge is -2.19. The first-order valence-corrected chi connectivity index (χ1v) is 8.86. The Morgan fingerprint density at radius 3 is 2.62 bits per heavy atom. The Labute approximate surface area is 143 Å². The van der Waals surface area contributed by atoms with Gasteiger partial charge in [0.05, 0.1) is 12.6 Å². The number of ether oxygens (including phenoxy) is 1. The lowest BCUT2D eigenvalue weighted by molar-refractivity contribution is 0.268. The Morgan fingerprint density at radius 1 is 1.25 bits per heavy atom. The minimum Gasteiger partial charge on any atom is -0.493 e. The smallest absolute Gasteiger partial charge is 0.244 e. The van der Waals surface area contributed by atoms with E-state index in [4.69, 9.17) is 9.26 Å². The van der Waals surface area contributed by atoms with E-state index in [1.807, 2.05) is 0 Å². The van der Waals surface area contributed by atoms with Gasteiger partial charge in [-0.05, 0) is 62.4 Å². The summed E-state index contributed by atoms with van der Waals surface area (Å²) in [5, 5.41) is 7.62. The van der Waals surface area contributed by atoms with Crippen LogP contribution in [0.2, 0.25) is 0 Å². The monoisotopic (exact) mass is 329 g/mol. The van der Waals surface area contributed by atoms with Crippen LogP contribution in [0, 0.1) is 19.8 Å². The van der Waals surface area contributed by atoms with Crippen molar-refractivity contribution in [2.45, 2.75) is 53.0 Å². The summed E-state index contributed by atoms with van der Waals surface area (Å²) in [7, 11) is 0. The first-order chi connectivity index (χ1) is 11.5. The normalized spacial score (nSPS) is 18.1. The van der Waals surface area contributed by atoms with Crippen LogP contribution >= 0.6 is 0 Å². The topological polar surface area (TPSA) is 60.2 Å². The van der Waals surface area contributed by atoms with E-state index in [2.05, 4.69) is 55.3 Å². The molecule has 0 unspecified atom stereocenters. The number of nitrogens with zero attached hydrogens (tertiary/aromatic N) is 2. The van der Waals surface area contributed by atoms with E-state index in [0.717, 1.165) is 42.0 Å². The van der Waals surface area contributed by atoms with Gasteiger partial charge in [-0.2, -0.15) is 4.98 Å². The van der Waals surface area contributed by atoms with Gasteiger partial charge in [0.2, 0.25) is 11.7 Å². The van der Waals surface area contributed by atoms with Gasteiger partial charge < -0.3 is 14.6 Å². The number of rotatable bonds is 5. The molecule has 0 radical (unpaired) electrons. The third-order valence-electron chi connectivity index (χ3n) is 4.33. The Bertz CT molecular complexity index is 665. The summed E-state index contributed by atoms with van der Waals surface area (Å²) in [4.78, 5) is 4.61. The number of aryl methyl sites for hydroxylation is 2. The number of hydrogen-bond donors (Lipinski definition) is 1. The fraction of sp³-hybridized carbons (Fsp3) is 0.579. The first kappa shape index (κ1) is 17.0. The first-order valence-electron chi connectivity index (χ1n) is 8.86. The van der Waals surface area contributed by atoms with E-state index in [1.54, 1.807) is 0 Å². The number of aromatic nitrogens is 2. The van der Waals surface area contributed by atoms with E-state index in [-0.39, 0.29) is 6.04 Å². The maximum atomic E-state index is 5.95. The van der Waals surface area contributed by atoms with Gasteiger partial charge in [-0.3, -0.25) is 0 Å². The van der Waals surface area contributed by atoms with E-state index >= 15 is 0 Å². The van der Waals surface area contributed by atoms with Gasteiger partial charge in [-0.1, -0.05) is 25.4 Å². The molecule has 130 valence electrons. The van der Waals surface area contributed by atoms with Crippen LogP contribution in [0.15, 0.2) is 16.7 Å². The van der Waals surface area contributed by atoms with Crippen molar-refractivity contribution >= 4 is 0 Å². The Morgan fingerprint density at radius 2 is 2.00 bits per heavy atom. The predicted molar refractivity (Wildman–Crippen MR) is 94.1 cm³/mol. The van der Waals surface area contributed by atoms with Gasteiger partial charge in [0.15, 0.2) is 0 Å². The zero-order valence-corrected chi connectivity index (χ0v) is 15.1. The van der Waals surface area contributed by atoms with Crippen molar-refractivity contribution in [2.75, 3.05) is 13.2 Å². The molecule has 1 aromatic heterocycles. The summed E-state index contributed by atoms with van der Waals surface area (Å²) in [6.07, 6.45) is 3.48.